The number of hydrogen-bond donors (Lipinski definition) is 0. The minimum absolute atomic E-state index is 0.150. The molecule has 1 aromatic carbocycles. The molecule has 13 heteroatoms. The van der Waals surface area contributed by atoms with Crippen molar-refractivity contribution >= 4 is 10.1 Å². The molecule has 132 valence electrons. The number of benzene rings is 1. The fourth-order valence-corrected chi connectivity index (χ4v) is 1.91. The van der Waals surface area contributed by atoms with Crippen LogP contribution in [0.5, 0.6) is 0 Å². The first-order valence-electron chi connectivity index (χ1n) is 5.29. The molecule has 1 unspecified atom stereocenters. The van der Waals surface area contributed by atoms with Gasteiger partial charge in [0, 0.05) is 0 Å². The Kier molecular flexibility index (Phi) is 4.97. The molecule has 0 fully saturated rings. The summed E-state index contributed by atoms with van der Waals surface area (Å²) in [5, 5.41) is 0. The van der Waals surface area contributed by atoms with E-state index in [4.69, 9.17) is 0 Å². The van der Waals surface area contributed by atoms with E-state index < -0.39 is 45.2 Å². The summed E-state index contributed by atoms with van der Waals surface area (Å²) in [6.07, 6.45) is -14.1. The smallest absolute Gasteiger partial charge is 0.245 e. The fourth-order valence-electron chi connectivity index (χ4n) is 1.33. The zero-order chi connectivity index (χ0) is 18.3. The van der Waals surface area contributed by atoms with Gasteiger partial charge in [0.25, 0.3) is 0 Å². The maximum atomic E-state index is 12.7. The third-order valence-corrected chi connectivity index (χ3v) is 3.36. The van der Waals surface area contributed by atoms with Crippen LogP contribution in [0.4, 0.5) is 39.5 Å². The third-order valence-electron chi connectivity index (χ3n) is 2.34. The van der Waals surface area contributed by atoms with Crippen molar-refractivity contribution in [2.24, 2.45) is 0 Å². The van der Waals surface area contributed by atoms with Crippen molar-refractivity contribution in [2.75, 3.05) is 0 Å². The molecule has 1 aromatic rings. The topological polar surface area (TPSA) is 43.4 Å². The van der Waals surface area contributed by atoms with Crippen LogP contribution in [-0.2, 0) is 20.5 Å². The number of alkyl halides is 9. The summed E-state index contributed by atoms with van der Waals surface area (Å²) in [4.78, 5) is 0. The highest BCUT2D eigenvalue weighted by Gasteiger charge is 2.54. The van der Waals surface area contributed by atoms with Gasteiger partial charge in [-0.1, -0.05) is 12.1 Å². The van der Waals surface area contributed by atoms with E-state index in [0.717, 1.165) is 0 Å². The standard InChI is InChI=1S/C10H5F9O3S/c11-8(12,13)6-3-1-5(2-4-6)7(9(14,15)16)22-23(20,21)10(17,18)19/h1-4,7H. The van der Waals surface area contributed by atoms with E-state index in [1.807, 2.05) is 0 Å². The van der Waals surface area contributed by atoms with Crippen molar-refractivity contribution in [2.45, 2.75) is 24.0 Å². The lowest BCUT2D eigenvalue weighted by Gasteiger charge is -2.21. The second kappa shape index (κ2) is 5.85. The van der Waals surface area contributed by atoms with E-state index in [-0.39, 0.29) is 24.3 Å². The van der Waals surface area contributed by atoms with Gasteiger partial charge in [0.15, 0.2) is 6.10 Å². The van der Waals surface area contributed by atoms with Crippen molar-refractivity contribution in [3.05, 3.63) is 35.4 Å². The number of hydrogen-bond acceptors (Lipinski definition) is 3. The Morgan fingerprint density at radius 3 is 1.57 bits per heavy atom. The second-order valence-corrected chi connectivity index (χ2v) is 5.60. The van der Waals surface area contributed by atoms with Gasteiger partial charge in [0.2, 0.25) is 0 Å². The molecule has 0 aliphatic heterocycles. The third kappa shape index (κ3) is 4.73. The summed E-state index contributed by atoms with van der Waals surface area (Å²) < 4.78 is 136. The van der Waals surface area contributed by atoms with Crippen LogP contribution in [0.2, 0.25) is 0 Å². The van der Waals surface area contributed by atoms with Gasteiger partial charge < -0.3 is 0 Å². The molecule has 0 radical (unpaired) electrons. The van der Waals surface area contributed by atoms with Crippen LogP contribution >= 0.6 is 0 Å². The highest BCUT2D eigenvalue weighted by Crippen LogP contribution is 2.40. The van der Waals surface area contributed by atoms with Gasteiger partial charge in [0.1, 0.15) is 0 Å². The summed E-state index contributed by atoms with van der Waals surface area (Å²) in [6.45, 7) is 0. The Balaban J connectivity index is 3.25. The Labute approximate surface area is 122 Å². The van der Waals surface area contributed by atoms with E-state index in [0.29, 0.717) is 0 Å². The molecule has 0 amide bonds. The predicted octanol–water partition coefficient (Wildman–Crippen LogP) is 4.18. The Morgan fingerprint density at radius 1 is 0.826 bits per heavy atom. The molecule has 0 heterocycles. The monoisotopic (exact) mass is 376 g/mol. The number of rotatable bonds is 3. The molecular formula is C10H5F9O3S. The lowest BCUT2D eigenvalue weighted by Crippen LogP contribution is -2.32. The van der Waals surface area contributed by atoms with Crippen LogP contribution in [-0.4, -0.2) is 20.1 Å². The lowest BCUT2D eigenvalue weighted by atomic mass is 10.1. The molecule has 3 nitrogen and oxygen atoms in total. The summed E-state index contributed by atoms with van der Waals surface area (Å²) in [7, 11) is -6.61. The second-order valence-electron chi connectivity index (χ2n) is 4.04. The molecule has 23 heavy (non-hydrogen) atoms. The van der Waals surface area contributed by atoms with Crippen LogP contribution in [0.1, 0.15) is 17.2 Å². The van der Waals surface area contributed by atoms with E-state index in [1.165, 1.54) is 0 Å². The molecule has 0 spiro atoms. The summed E-state index contributed by atoms with van der Waals surface area (Å²) in [6, 6.07) is 0.648. The van der Waals surface area contributed by atoms with Crippen molar-refractivity contribution < 1.29 is 52.1 Å². The summed E-state index contributed by atoms with van der Waals surface area (Å²) in [5.41, 5.74) is -8.73. The van der Waals surface area contributed by atoms with Crippen LogP contribution in [0, 0.1) is 0 Å². The molecule has 0 N–H and O–H groups in total. The van der Waals surface area contributed by atoms with Gasteiger partial charge in [-0.3, -0.25) is 0 Å². The van der Waals surface area contributed by atoms with Crippen molar-refractivity contribution in [1.29, 1.82) is 0 Å². The average Bonchev–Trinajstić information content (AvgIpc) is 2.32. The van der Waals surface area contributed by atoms with E-state index in [9.17, 15) is 47.9 Å². The van der Waals surface area contributed by atoms with Gasteiger partial charge in [0.05, 0.1) is 5.56 Å². The first-order valence-corrected chi connectivity index (χ1v) is 6.70. The van der Waals surface area contributed by atoms with Gasteiger partial charge in [-0.2, -0.15) is 47.9 Å². The lowest BCUT2D eigenvalue weighted by molar-refractivity contribution is -0.200. The molecular weight excluding hydrogens is 371 g/mol. The molecule has 0 saturated carbocycles. The average molecular weight is 376 g/mol. The van der Waals surface area contributed by atoms with E-state index in [1.54, 1.807) is 0 Å². The highest BCUT2D eigenvalue weighted by atomic mass is 32.2. The zero-order valence-corrected chi connectivity index (χ0v) is 11.2. The Bertz CT molecular complexity index is 640. The van der Waals surface area contributed by atoms with Crippen LogP contribution in [0.3, 0.4) is 0 Å². The molecule has 1 rings (SSSR count). The van der Waals surface area contributed by atoms with Crippen molar-refractivity contribution in [3.8, 4) is 0 Å². The minimum atomic E-state index is -6.61. The fraction of sp³-hybridized carbons (Fsp3) is 0.400. The Morgan fingerprint density at radius 2 is 1.26 bits per heavy atom. The van der Waals surface area contributed by atoms with Crippen LogP contribution < -0.4 is 0 Å². The minimum Gasteiger partial charge on any atom is -0.245 e. The summed E-state index contributed by atoms with van der Waals surface area (Å²) in [5.74, 6) is 0. The quantitative estimate of drug-likeness (QED) is 0.452. The van der Waals surface area contributed by atoms with Crippen LogP contribution in [0.25, 0.3) is 0 Å². The highest BCUT2D eigenvalue weighted by molar-refractivity contribution is 7.87. The van der Waals surface area contributed by atoms with Gasteiger partial charge in [-0.15, -0.1) is 0 Å². The molecule has 0 aliphatic rings. The first kappa shape index (κ1) is 19.5. The van der Waals surface area contributed by atoms with Gasteiger partial charge >= 0.3 is 28.0 Å². The van der Waals surface area contributed by atoms with E-state index in [2.05, 4.69) is 4.18 Å². The normalized spacial score (nSPS) is 15.5. The van der Waals surface area contributed by atoms with Gasteiger partial charge in [-0.25, -0.2) is 4.18 Å². The SMILES string of the molecule is O=S(=O)(OC(c1ccc(C(F)(F)F)cc1)C(F)(F)F)C(F)(F)F. The first-order chi connectivity index (χ1) is 10.1. The largest absolute Gasteiger partial charge is 0.523 e. The van der Waals surface area contributed by atoms with E-state index >= 15 is 0 Å². The molecule has 0 aliphatic carbocycles. The van der Waals surface area contributed by atoms with Crippen LogP contribution in [0.15, 0.2) is 24.3 Å². The van der Waals surface area contributed by atoms with Crippen molar-refractivity contribution in [1.82, 2.24) is 0 Å². The predicted molar refractivity (Wildman–Crippen MR) is 56.3 cm³/mol. The maximum Gasteiger partial charge on any atom is 0.523 e. The molecule has 0 aromatic heterocycles. The molecule has 0 bridgehead atoms. The molecule has 0 saturated heterocycles. The maximum absolute atomic E-state index is 12.7. The van der Waals surface area contributed by atoms with Crippen molar-refractivity contribution in [3.63, 3.8) is 0 Å². The summed E-state index contributed by atoms with van der Waals surface area (Å²) >= 11 is 0. The zero-order valence-electron chi connectivity index (χ0n) is 10.4. The van der Waals surface area contributed by atoms with Gasteiger partial charge in [-0.05, 0) is 17.7 Å². The number of halogens is 9. The Hall–Kier alpha value is -1.50. The molecule has 1 atom stereocenters.